The summed E-state index contributed by atoms with van der Waals surface area (Å²) in [6.45, 7) is 4.91. The van der Waals surface area contributed by atoms with Gasteiger partial charge in [0.05, 0.1) is 24.1 Å². The second kappa shape index (κ2) is 5.05. The summed E-state index contributed by atoms with van der Waals surface area (Å²) in [5.74, 6) is 0.0780. The van der Waals surface area contributed by atoms with Crippen LogP contribution in [-0.2, 0) is 4.74 Å². The molecule has 1 aliphatic heterocycles. The molecule has 6 nitrogen and oxygen atoms in total. The summed E-state index contributed by atoms with van der Waals surface area (Å²) >= 11 is 0. The fourth-order valence-electron chi connectivity index (χ4n) is 2.21. The molecule has 1 aromatic rings. The maximum Gasteiger partial charge on any atom is 0.341 e. The van der Waals surface area contributed by atoms with Gasteiger partial charge in [0.15, 0.2) is 0 Å². The molecule has 1 saturated heterocycles. The Hall–Kier alpha value is -1.82. The van der Waals surface area contributed by atoms with Crippen molar-refractivity contribution in [3.05, 3.63) is 17.8 Å². The van der Waals surface area contributed by atoms with Crippen LogP contribution in [0.15, 0.2) is 12.3 Å². The average Bonchev–Trinajstić information content (AvgIpc) is 2.70. The van der Waals surface area contributed by atoms with Crippen LogP contribution in [-0.4, -0.2) is 41.4 Å². The normalized spacial score (nSPS) is 22.6. The average molecular weight is 265 g/mol. The highest BCUT2D eigenvalue weighted by molar-refractivity contribution is 5.95. The smallest absolute Gasteiger partial charge is 0.341 e. The number of hydrogen-bond donors (Lipinski definition) is 2. The Bertz CT molecular complexity index is 488. The summed E-state index contributed by atoms with van der Waals surface area (Å²) in [5.41, 5.74) is 5.68. The van der Waals surface area contributed by atoms with Crippen molar-refractivity contribution in [3.8, 4) is 0 Å². The lowest BCUT2D eigenvalue weighted by Crippen LogP contribution is -2.31. The first-order valence-electron chi connectivity index (χ1n) is 6.33. The zero-order valence-corrected chi connectivity index (χ0v) is 11.2. The Kier molecular flexibility index (Phi) is 3.61. The van der Waals surface area contributed by atoms with Crippen molar-refractivity contribution in [3.63, 3.8) is 0 Å². The molecule has 1 aliphatic rings. The number of nitrogen functional groups attached to an aromatic ring is 1. The molecule has 0 spiro atoms. The van der Waals surface area contributed by atoms with Crippen molar-refractivity contribution in [2.45, 2.75) is 25.9 Å². The van der Waals surface area contributed by atoms with Crippen molar-refractivity contribution >= 4 is 17.5 Å². The van der Waals surface area contributed by atoms with Gasteiger partial charge in [-0.3, -0.25) is 0 Å². The molecule has 2 rings (SSSR count). The fourth-order valence-corrected chi connectivity index (χ4v) is 2.21. The molecule has 1 fully saturated rings. The zero-order chi connectivity index (χ0) is 14.0. The highest BCUT2D eigenvalue weighted by atomic mass is 16.5. The van der Waals surface area contributed by atoms with E-state index in [1.807, 2.05) is 4.90 Å². The van der Waals surface area contributed by atoms with Crippen molar-refractivity contribution in [1.82, 2.24) is 4.98 Å². The third kappa shape index (κ3) is 2.96. The van der Waals surface area contributed by atoms with Crippen molar-refractivity contribution in [2.24, 2.45) is 0 Å². The van der Waals surface area contributed by atoms with Crippen LogP contribution in [0.2, 0.25) is 0 Å². The number of ether oxygens (including phenoxy) is 1. The van der Waals surface area contributed by atoms with Crippen LogP contribution < -0.4 is 10.6 Å². The van der Waals surface area contributed by atoms with E-state index in [-0.39, 0.29) is 0 Å². The maximum atomic E-state index is 11.9. The number of β-amino-alcohol motifs (C(OH)–C–C–N with tert-alkyl or cyclic N) is 1. The Morgan fingerprint density at radius 2 is 2.42 bits per heavy atom. The van der Waals surface area contributed by atoms with E-state index in [9.17, 15) is 9.90 Å². The predicted molar refractivity (Wildman–Crippen MR) is 72.1 cm³/mol. The lowest BCUT2D eigenvalue weighted by molar-refractivity contribution is 0.0526. The molecule has 0 bridgehead atoms. The number of esters is 1. The summed E-state index contributed by atoms with van der Waals surface area (Å²) < 4.78 is 5.01. The molecule has 0 saturated carbocycles. The third-order valence-corrected chi connectivity index (χ3v) is 3.13. The summed E-state index contributed by atoms with van der Waals surface area (Å²) in [6, 6.07) is 1.56. The molecule has 6 heteroatoms. The van der Waals surface area contributed by atoms with Crippen LogP contribution in [0, 0.1) is 0 Å². The summed E-state index contributed by atoms with van der Waals surface area (Å²) in [6.07, 6.45) is 2.15. The largest absolute Gasteiger partial charge is 0.462 e. The van der Waals surface area contributed by atoms with E-state index in [1.54, 1.807) is 19.9 Å². The van der Waals surface area contributed by atoms with Crippen LogP contribution in [0.25, 0.3) is 0 Å². The van der Waals surface area contributed by atoms with Gasteiger partial charge in [-0.05, 0) is 26.3 Å². The first kappa shape index (κ1) is 13.6. The Morgan fingerprint density at radius 1 is 1.68 bits per heavy atom. The van der Waals surface area contributed by atoms with Crippen LogP contribution in [0.1, 0.15) is 30.6 Å². The number of aromatic nitrogens is 1. The Balaban J connectivity index is 2.32. The van der Waals surface area contributed by atoms with Crippen LogP contribution >= 0.6 is 0 Å². The van der Waals surface area contributed by atoms with Gasteiger partial charge in [-0.25, -0.2) is 9.78 Å². The number of anilines is 2. The van der Waals surface area contributed by atoms with E-state index < -0.39 is 11.6 Å². The van der Waals surface area contributed by atoms with Gasteiger partial charge in [0.25, 0.3) is 0 Å². The fraction of sp³-hybridized carbons (Fsp3) is 0.538. The number of carbonyl (C=O) groups excluding carboxylic acids is 1. The molecule has 0 aliphatic carbocycles. The van der Waals surface area contributed by atoms with Gasteiger partial charge in [-0.15, -0.1) is 0 Å². The second-order valence-corrected chi connectivity index (χ2v) is 5.03. The van der Waals surface area contributed by atoms with Crippen molar-refractivity contribution in [2.75, 3.05) is 30.3 Å². The van der Waals surface area contributed by atoms with Gasteiger partial charge in [-0.2, -0.15) is 0 Å². The van der Waals surface area contributed by atoms with Gasteiger partial charge in [-0.1, -0.05) is 0 Å². The monoisotopic (exact) mass is 265 g/mol. The number of pyridine rings is 1. The summed E-state index contributed by atoms with van der Waals surface area (Å²) in [5, 5.41) is 10.0. The molecular formula is C13H19N3O3. The molecule has 2 heterocycles. The molecule has 0 aromatic carbocycles. The van der Waals surface area contributed by atoms with Crippen molar-refractivity contribution < 1.29 is 14.6 Å². The van der Waals surface area contributed by atoms with E-state index >= 15 is 0 Å². The minimum Gasteiger partial charge on any atom is -0.462 e. The first-order chi connectivity index (χ1) is 8.93. The first-order valence-corrected chi connectivity index (χ1v) is 6.33. The maximum absolute atomic E-state index is 11.9. The lowest BCUT2D eigenvalue weighted by atomic mass is 10.1. The topological polar surface area (TPSA) is 88.7 Å². The van der Waals surface area contributed by atoms with Gasteiger partial charge in [0.2, 0.25) is 0 Å². The Labute approximate surface area is 112 Å². The second-order valence-electron chi connectivity index (χ2n) is 5.03. The number of rotatable bonds is 3. The van der Waals surface area contributed by atoms with Crippen LogP contribution in [0.5, 0.6) is 0 Å². The highest BCUT2D eigenvalue weighted by Crippen LogP contribution is 2.28. The van der Waals surface area contributed by atoms with Gasteiger partial charge in [0, 0.05) is 13.1 Å². The minimum atomic E-state index is -0.755. The summed E-state index contributed by atoms with van der Waals surface area (Å²) in [4.78, 5) is 18.0. The molecule has 3 N–H and O–H groups in total. The summed E-state index contributed by atoms with van der Waals surface area (Å²) in [7, 11) is 0. The van der Waals surface area contributed by atoms with Crippen molar-refractivity contribution in [1.29, 1.82) is 0 Å². The molecule has 1 unspecified atom stereocenters. The van der Waals surface area contributed by atoms with Gasteiger partial charge < -0.3 is 20.5 Å². The molecule has 19 heavy (non-hydrogen) atoms. The van der Waals surface area contributed by atoms with Gasteiger partial charge in [0.1, 0.15) is 11.4 Å². The highest BCUT2D eigenvalue weighted by Gasteiger charge is 2.34. The zero-order valence-electron chi connectivity index (χ0n) is 11.2. The number of nitrogens with zero attached hydrogens (tertiary/aromatic N) is 2. The number of nitrogens with two attached hydrogens (primary N) is 1. The molecule has 104 valence electrons. The van der Waals surface area contributed by atoms with Gasteiger partial charge >= 0.3 is 5.97 Å². The third-order valence-electron chi connectivity index (χ3n) is 3.13. The molecule has 0 radical (unpaired) electrons. The number of carbonyl (C=O) groups is 1. The SMILES string of the molecule is CCOC(=O)c1cc(N)cnc1N1CCC(C)(O)C1. The minimum absolute atomic E-state index is 0.296. The van der Waals surface area contributed by atoms with Crippen LogP contribution in [0.4, 0.5) is 11.5 Å². The molecular weight excluding hydrogens is 246 g/mol. The quantitative estimate of drug-likeness (QED) is 0.786. The number of hydrogen-bond acceptors (Lipinski definition) is 6. The predicted octanol–water partition coefficient (Wildman–Crippen LogP) is 0.802. The van der Waals surface area contributed by atoms with E-state index in [4.69, 9.17) is 10.5 Å². The Morgan fingerprint density at radius 3 is 3.00 bits per heavy atom. The molecule has 1 atom stereocenters. The van der Waals surface area contributed by atoms with Crippen LogP contribution in [0.3, 0.4) is 0 Å². The molecule has 0 amide bonds. The van der Waals surface area contributed by atoms with E-state index in [0.717, 1.165) is 0 Å². The standard InChI is InChI=1S/C13H19N3O3/c1-3-19-12(17)10-6-9(14)7-15-11(10)16-5-4-13(2,18)8-16/h6-7,18H,3-5,8,14H2,1-2H3. The number of aliphatic hydroxyl groups is 1. The van der Waals surface area contributed by atoms with E-state index in [1.165, 1.54) is 6.20 Å². The lowest BCUT2D eigenvalue weighted by Gasteiger charge is -2.21. The van der Waals surface area contributed by atoms with E-state index in [2.05, 4.69) is 4.98 Å². The van der Waals surface area contributed by atoms with E-state index in [0.29, 0.717) is 43.2 Å². The molecule has 1 aromatic heterocycles.